The molecule has 0 bridgehead atoms. The van der Waals surface area contributed by atoms with Crippen molar-refractivity contribution in [3.8, 4) is 0 Å². The maximum absolute atomic E-state index is 5.94. The van der Waals surface area contributed by atoms with E-state index in [0.29, 0.717) is 0 Å². The van der Waals surface area contributed by atoms with E-state index >= 15 is 0 Å². The van der Waals surface area contributed by atoms with Gasteiger partial charge >= 0.3 is 0 Å². The van der Waals surface area contributed by atoms with E-state index in [4.69, 9.17) is 4.42 Å². The molecule has 0 saturated heterocycles. The largest absolute Gasteiger partial charge is 0.461 e. The summed E-state index contributed by atoms with van der Waals surface area (Å²) in [6.07, 6.45) is 0.906. The lowest BCUT2D eigenvalue weighted by atomic mass is 10.1. The molecular weight excluding hydrogens is 326 g/mol. The normalized spacial score (nSPS) is 11.0. The van der Waals surface area contributed by atoms with Gasteiger partial charge in [0.15, 0.2) is 0 Å². The van der Waals surface area contributed by atoms with Crippen LogP contribution in [0.25, 0.3) is 11.0 Å². The molecule has 3 heteroatoms. The molecular formula is C18H18BrNO. The summed E-state index contributed by atoms with van der Waals surface area (Å²) in [4.78, 5) is 0. The van der Waals surface area contributed by atoms with Crippen LogP contribution in [0.5, 0.6) is 0 Å². The number of aryl methyl sites for hydroxylation is 2. The van der Waals surface area contributed by atoms with Crippen LogP contribution >= 0.6 is 15.9 Å². The maximum atomic E-state index is 5.94. The molecule has 108 valence electrons. The van der Waals surface area contributed by atoms with Gasteiger partial charge in [0, 0.05) is 34.1 Å². The van der Waals surface area contributed by atoms with Crippen molar-refractivity contribution in [3.63, 3.8) is 0 Å². The molecule has 1 aromatic heterocycles. The third-order valence-electron chi connectivity index (χ3n) is 3.76. The van der Waals surface area contributed by atoms with Crippen LogP contribution in [0.3, 0.4) is 0 Å². The molecule has 0 saturated carbocycles. The first kappa shape index (κ1) is 14.2. The Labute approximate surface area is 133 Å². The van der Waals surface area contributed by atoms with Crippen molar-refractivity contribution in [1.29, 1.82) is 0 Å². The van der Waals surface area contributed by atoms with Crippen molar-refractivity contribution >= 4 is 32.6 Å². The molecule has 0 aliphatic carbocycles. The third kappa shape index (κ3) is 2.84. The first-order chi connectivity index (χ1) is 10.2. The van der Waals surface area contributed by atoms with E-state index in [1.165, 1.54) is 16.5 Å². The number of nitrogens with one attached hydrogen (secondary N) is 1. The zero-order valence-electron chi connectivity index (χ0n) is 12.2. The number of benzene rings is 2. The fourth-order valence-electron chi connectivity index (χ4n) is 2.60. The van der Waals surface area contributed by atoms with Crippen LogP contribution in [0.2, 0.25) is 0 Å². The van der Waals surface area contributed by atoms with Crippen molar-refractivity contribution in [2.24, 2.45) is 0 Å². The molecule has 0 spiro atoms. The summed E-state index contributed by atoms with van der Waals surface area (Å²) in [7, 11) is 0. The fourth-order valence-corrected chi connectivity index (χ4v) is 2.96. The van der Waals surface area contributed by atoms with Gasteiger partial charge in [-0.2, -0.15) is 0 Å². The van der Waals surface area contributed by atoms with Gasteiger partial charge in [-0.05, 0) is 30.7 Å². The van der Waals surface area contributed by atoms with Crippen molar-refractivity contribution in [2.75, 3.05) is 5.32 Å². The van der Waals surface area contributed by atoms with Gasteiger partial charge < -0.3 is 9.73 Å². The summed E-state index contributed by atoms with van der Waals surface area (Å²) in [5.41, 5.74) is 4.62. The van der Waals surface area contributed by atoms with Crippen LogP contribution in [-0.4, -0.2) is 0 Å². The van der Waals surface area contributed by atoms with Crippen LogP contribution in [0.1, 0.15) is 23.8 Å². The minimum Gasteiger partial charge on any atom is -0.461 e. The Bertz CT molecular complexity index is 776. The molecule has 0 unspecified atom stereocenters. The molecule has 0 aliphatic heterocycles. The van der Waals surface area contributed by atoms with Gasteiger partial charge in [0.2, 0.25) is 0 Å². The van der Waals surface area contributed by atoms with Crippen LogP contribution in [0.4, 0.5) is 5.69 Å². The second-order valence-electron chi connectivity index (χ2n) is 5.17. The van der Waals surface area contributed by atoms with Gasteiger partial charge in [0.1, 0.15) is 11.3 Å². The molecule has 1 heterocycles. The number of hydrogen-bond acceptors (Lipinski definition) is 2. The van der Waals surface area contributed by atoms with Crippen LogP contribution in [-0.2, 0) is 13.0 Å². The van der Waals surface area contributed by atoms with E-state index in [-0.39, 0.29) is 0 Å². The highest BCUT2D eigenvalue weighted by molar-refractivity contribution is 9.10. The van der Waals surface area contributed by atoms with E-state index in [0.717, 1.165) is 34.5 Å². The minimum absolute atomic E-state index is 0.775. The van der Waals surface area contributed by atoms with Crippen molar-refractivity contribution < 1.29 is 4.42 Å². The lowest BCUT2D eigenvalue weighted by Gasteiger charge is -2.10. The number of rotatable bonds is 4. The van der Waals surface area contributed by atoms with Gasteiger partial charge in [-0.15, -0.1) is 0 Å². The highest BCUT2D eigenvalue weighted by Gasteiger charge is 2.12. The number of anilines is 1. The lowest BCUT2D eigenvalue weighted by Crippen LogP contribution is -2.02. The summed E-state index contributed by atoms with van der Waals surface area (Å²) in [5.74, 6) is 1.07. The summed E-state index contributed by atoms with van der Waals surface area (Å²) < 4.78 is 7.03. The SMILES string of the molecule is CCc1oc2ccccc2c1CNc1cc(Br)ccc1C. The van der Waals surface area contributed by atoms with Gasteiger partial charge in [0.25, 0.3) is 0 Å². The molecule has 0 aliphatic rings. The van der Waals surface area contributed by atoms with Gasteiger partial charge in [-0.3, -0.25) is 0 Å². The first-order valence-corrected chi connectivity index (χ1v) is 7.97. The summed E-state index contributed by atoms with van der Waals surface area (Å²) in [6, 6.07) is 14.5. The monoisotopic (exact) mass is 343 g/mol. The van der Waals surface area contributed by atoms with Crippen LogP contribution < -0.4 is 5.32 Å². The molecule has 3 aromatic rings. The summed E-state index contributed by atoms with van der Waals surface area (Å²) >= 11 is 3.52. The number of para-hydroxylation sites is 1. The highest BCUT2D eigenvalue weighted by Crippen LogP contribution is 2.28. The zero-order valence-corrected chi connectivity index (χ0v) is 13.8. The van der Waals surface area contributed by atoms with Gasteiger partial charge in [-0.25, -0.2) is 0 Å². The van der Waals surface area contributed by atoms with Crippen LogP contribution in [0.15, 0.2) is 51.4 Å². The molecule has 0 amide bonds. The molecule has 21 heavy (non-hydrogen) atoms. The molecule has 2 aromatic carbocycles. The van der Waals surface area contributed by atoms with E-state index < -0.39 is 0 Å². The number of furan rings is 1. The smallest absolute Gasteiger partial charge is 0.134 e. The Balaban J connectivity index is 1.93. The predicted octanol–water partition coefficient (Wildman–Crippen LogP) is 5.68. The van der Waals surface area contributed by atoms with E-state index in [2.05, 4.69) is 65.4 Å². The fraction of sp³-hybridized carbons (Fsp3) is 0.222. The second kappa shape index (κ2) is 5.94. The molecule has 2 nitrogen and oxygen atoms in total. The second-order valence-corrected chi connectivity index (χ2v) is 6.08. The first-order valence-electron chi connectivity index (χ1n) is 7.18. The Kier molecular flexibility index (Phi) is 4.02. The highest BCUT2D eigenvalue weighted by atomic mass is 79.9. The van der Waals surface area contributed by atoms with Crippen LogP contribution in [0, 0.1) is 6.92 Å². The predicted molar refractivity (Wildman–Crippen MR) is 91.8 cm³/mol. The Morgan fingerprint density at radius 1 is 1.14 bits per heavy atom. The van der Waals surface area contributed by atoms with E-state index in [9.17, 15) is 0 Å². The molecule has 0 fully saturated rings. The summed E-state index contributed by atoms with van der Waals surface area (Å²) in [5, 5.41) is 4.74. The van der Waals surface area contributed by atoms with E-state index in [1.54, 1.807) is 0 Å². The standard InChI is InChI=1S/C18H18BrNO/c1-3-17-15(14-6-4-5-7-18(14)21-17)11-20-16-10-13(19)9-8-12(16)2/h4-10,20H,3,11H2,1-2H3. The Morgan fingerprint density at radius 2 is 1.95 bits per heavy atom. The van der Waals surface area contributed by atoms with Crippen molar-refractivity contribution in [2.45, 2.75) is 26.8 Å². The topological polar surface area (TPSA) is 25.2 Å². The average Bonchev–Trinajstić information content (AvgIpc) is 2.86. The number of hydrogen-bond donors (Lipinski definition) is 1. The summed E-state index contributed by atoms with van der Waals surface area (Å²) in [6.45, 7) is 5.02. The third-order valence-corrected chi connectivity index (χ3v) is 4.25. The molecule has 0 atom stereocenters. The molecule has 3 rings (SSSR count). The Morgan fingerprint density at radius 3 is 2.76 bits per heavy atom. The quantitative estimate of drug-likeness (QED) is 0.659. The Hall–Kier alpha value is -1.74. The van der Waals surface area contributed by atoms with Gasteiger partial charge in [0.05, 0.1) is 0 Å². The number of halogens is 1. The number of fused-ring (bicyclic) bond motifs is 1. The average molecular weight is 344 g/mol. The molecule has 1 N–H and O–H groups in total. The minimum atomic E-state index is 0.775. The molecule has 0 radical (unpaired) electrons. The van der Waals surface area contributed by atoms with Crippen molar-refractivity contribution in [1.82, 2.24) is 0 Å². The lowest BCUT2D eigenvalue weighted by molar-refractivity contribution is 0.551. The van der Waals surface area contributed by atoms with E-state index in [1.807, 2.05) is 12.1 Å². The zero-order chi connectivity index (χ0) is 14.8. The van der Waals surface area contributed by atoms with Crippen molar-refractivity contribution in [3.05, 3.63) is 63.8 Å². The van der Waals surface area contributed by atoms with Gasteiger partial charge in [-0.1, -0.05) is 47.1 Å². The maximum Gasteiger partial charge on any atom is 0.134 e.